The molecule has 5 heteroatoms. The highest BCUT2D eigenvalue weighted by atomic mass is 19.3. The molecule has 0 spiro atoms. The third-order valence-electron chi connectivity index (χ3n) is 7.32. The summed E-state index contributed by atoms with van der Waals surface area (Å²) in [4.78, 5) is 0. The molecule has 182 valence electrons. The Kier molecular flexibility index (Phi) is 11.2. The number of ether oxygens (including phenoxy) is 3. The van der Waals surface area contributed by atoms with Crippen LogP contribution < -0.4 is 4.74 Å². The number of benzene rings is 1. The van der Waals surface area contributed by atoms with Gasteiger partial charge in [-0.2, -0.15) is 8.78 Å². The molecule has 2 fully saturated rings. The topological polar surface area (TPSA) is 27.7 Å². The van der Waals surface area contributed by atoms with Gasteiger partial charge in [0.15, 0.2) is 6.29 Å². The van der Waals surface area contributed by atoms with Crippen LogP contribution in [-0.4, -0.2) is 19.8 Å². The Morgan fingerprint density at radius 3 is 2.00 bits per heavy atom. The molecule has 0 amide bonds. The summed E-state index contributed by atoms with van der Waals surface area (Å²) in [5, 5.41) is 0. The van der Waals surface area contributed by atoms with E-state index >= 15 is 0 Å². The van der Waals surface area contributed by atoms with Crippen molar-refractivity contribution < 1.29 is 23.0 Å². The van der Waals surface area contributed by atoms with E-state index in [-0.39, 0.29) is 5.75 Å². The van der Waals surface area contributed by atoms with Gasteiger partial charge in [-0.1, -0.05) is 89.7 Å². The minimum atomic E-state index is -2.81. The summed E-state index contributed by atoms with van der Waals surface area (Å²) in [5.41, 5.74) is 0.846. The van der Waals surface area contributed by atoms with E-state index in [2.05, 4.69) is 11.7 Å². The van der Waals surface area contributed by atoms with Crippen LogP contribution in [0.2, 0.25) is 0 Å². The summed E-state index contributed by atoms with van der Waals surface area (Å²) in [6.07, 6.45) is 17.5. The molecule has 1 saturated carbocycles. The van der Waals surface area contributed by atoms with Crippen molar-refractivity contribution in [3.05, 3.63) is 29.8 Å². The summed E-state index contributed by atoms with van der Waals surface area (Å²) in [6, 6.07) is 6.54. The molecular weight excluding hydrogens is 410 g/mol. The second-order valence-corrected chi connectivity index (χ2v) is 9.75. The van der Waals surface area contributed by atoms with Gasteiger partial charge in [-0.05, 0) is 36.8 Å². The van der Waals surface area contributed by atoms with Crippen LogP contribution in [0.4, 0.5) is 8.78 Å². The molecule has 1 heterocycles. The quantitative estimate of drug-likeness (QED) is 0.282. The second-order valence-electron chi connectivity index (χ2n) is 9.75. The van der Waals surface area contributed by atoms with Crippen LogP contribution in [0.5, 0.6) is 5.75 Å². The number of rotatable bonds is 13. The first-order valence-electron chi connectivity index (χ1n) is 12.9. The molecule has 0 bridgehead atoms. The van der Waals surface area contributed by atoms with Crippen LogP contribution in [0.3, 0.4) is 0 Å². The van der Waals surface area contributed by atoms with E-state index in [1.54, 1.807) is 12.1 Å². The minimum absolute atomic E-state index is 0.154. The van der Waals surface area contributed by atoms with Crippen LogP contribution in [0.1, 0.15) is 102 Å². The van der Waals surface area contributed by atoms with Gasteiger partial charge >= 0.3 is 6.61 Å². The average molecular weight is 453 g/mol. The number of alkyl halides is 2. The maximum absolute atomic E-state index is 12.3. The Labute approximate surface area is 193 Å². The van der Waals surface area contributed by atoms with Gasteiger partial charge in [-0.25, -0.2) is 0 Å². The predicted molar refractivity (Wildman–Crippen MR) is 124 cm³/mol. The van der Waals surface area contributed by atoms with E-state index in [4.69, 9.17) is 9.47 Å². The van der Waals surface area contributed by atoms with Crippen molar-refractivity contribution in [2.75, 3.05) is 13.2 Å². The molecule has 0 atom stereocenters. The maximum Gasteiger partial charge on any atom is 0.387 e. The molecule has 3 rings (SSSR count). The Morgan fingerprint density at radius 2 is 1.41 bits per heavy atom. The summed E-state index contributed by atoms with van der Waals surface area (Å²) < 4.78 is 41.0. The number of halogens is 2. The predicted octanol–water partition coefficient (Wildman–Crippen LogP) is 8.29. The summed E-state index contributed by atoms with van der Waals surface area (Å²) >= 11 is 0. The minimum Gasteiger partial charge on any atom is -0.435 e. The highest BCUT2D eigenvalue weighted by Gasteiger charge is 2.32. The van der Waals surface area contributed by atoms with E-state index in [0.29, 0.717) is 25.0 Å². The molecule has 1 aliphatic heterocycles. The van der Waals surface area contributed by atoms with Crippen LogP contribution in [0, 0.1) is 17.8 Å². The van der Waals surface area contributed by atoms with Gasteiger partial charge in [-0.15, -0.1) is 0 Å². The van der Waals surface area contributed by atoms with Crippen molar-refractivity contribution >= 4 is 0 Å². The van der Waals surface area contributed by atoms with Gasteiger partial charge < -0.3 is 14.2 Å². The first kappa shape index (κ1) is 25.4. The number of hydrogen-bond acceptors (Lipinski definition) is 3. The smallest absolute Gasteiger partial charge is 0.387 e. The van der Waals surface area contributed by atoms with E-state index in [1.807, 2.05) is 0 Å². The molecule has 1 aromatic rings. The van der Waals surface area contributed by atoms with Crippen LogP contribution in [0.15, 0.2) is 24.3 Å². The summed E-state index contributed by atoms with van der Waals surface area (Å²) in [6.45, 7) is 0.901. The molecule has 3 nitrogen and oxygen atoms in total. The van der Waals surface area contributed by atoms with Gasteiger partial charge in [0.1, 0.15) is 5.75 Å². The van der Waals surface area contributed by atoms with Gasteiger partial charge in [0.2, 0.25) is 0 Å². The van der Waals surface area contributed by atoms with Crippen LogP contribution >= 0.6 is 0 Å². The Balaban J connectivity index is 1.27. The van der Waals surface area contributed by atoms with Crippen molar-refractivity contribution in [1.82, 2.24) is 0 Å². The Morgan fingerprint density at radius 1 is 0.812 bits per heavy atom. The van der Waals surface area contributed by atoms with Crippen molar-refractivity contribution in [3.8, 4) is 5.75 Å². The van der Waals surface area contributed by atoms with Crippen LogP contribution in [0.25, 0.3) is 0 Å². The average Bonchev–Trinajstić information content (AvgIpc) is 2.81. The molecule has 0 unspecified atom stereocenters. The molecular formula is C27H42F2O3. The molecule has 1 aliphatic carbocycles. The SMILES string of the molecule is CCCCCCCCCC[C@H]1CC[C@H](C2COC(c3ccc(OC(F)F)cc3)OC2)CC1. The second kappa shape index (κ2) is 14.1. The first-order chi connectivity index (χ1) is 15.7. The Bertz CT molecular complexity index is 606. The zero-order valence-corrected chi connectivity index (χ0v) is 19.8. The van der Waals surface area contributed by atoms with E-state index in [0.717, 1.165) is 11.5 Å². The highest BCUT2D eigenvalue weighted by Crippen LogP contribution is 2.39. The molecule has 0 N–H and O–H groups in total. The fourth-order valence-electron chi connectivity index (χ4n) is 5.30. The van der Waals surface area contributed by atoms with Gasteiger partial charge in [0.05, 0.1) is 13.2 Å². The molecule has 2 aliphatic rings. The lowest BCUT2D eigenvalue weighted by Crippen LogP contribution is -2.34. The number of hydrogen-bond donors (Lipinski definition) is 0. The normalized spacial score (nSPS) is 26.4. The van der Waals surface area contributed by atoms with Crippen molar-refractivity contribution in [1.29, 1.82) is 0 Å². The lowest BCUT2D eigenvalue weighted by Gasteiger charge is -2.38. The standard InChI is InChI=1S/C27H42F2O3/c1-2-3-4-5-6-7-8-9-10-21-11-13-22(14-12-21)24-19-30-26(31-20-24)23-15-17-25(18-16-23)32-27(28)29/h15-18,21-22,24,26-27H,2-14,19-20H2,1H3/t21-,22-,24?,26?. The fourth-order valence-corrected chi connectivity index (χ4v) is 5.30. The lowest BCUT2D eigenvalue weighted by atomic mass is 9.74. The third kappa shape index (κ3) is 8.62. The zero-order valence-electron chi connectivity index (χ0n) is 19.8. The van der Waals surface area contributed by atoms with Crippen molar-refractivity contribution in [2.24, 2.45) is 17.8 Å². The highest BCUT2D eigenvalue weighted by molar-refractivity contribution is 5.28. The van der Waals surface area contributed by atoms with Crippen molar-refractivity contribution in [2.45, 2.75) is 103 Å². The van der Waals surface area contributed by atoms with Gasteiger partial charge in [0.25, 0.3) is 0 Å². The van der Waals surface area contributed by atoms with Gasteiger partial charge in [-0.3, -0.25) is 0 Å². The van der Waals surface area contributed by atoms with E-state index < -0.39 is 12.9 Å². The Hall–Kier alpha value is -1.20. The zero-order chi connectivity index (χ0) is 22.6. The molecule has 1 saturated heterocycles. The first-order valence-corrected chi connectivity index (χ1v) is 12.9. The molecule has 0 aromatic heterocycles. The summed E-state index contributed by atoms with van der Waals surface area (Å²) in [5.74, 6) is 2.24. The van der Waals surface area contributed by atoms with Gasteiger partial charge in [0, 0.05) is 11.5 Å². The monoisotopic (exact) mass is 452 g/mol. The largest absolute Gasteiger partial charge is 0.435 e. The summed E-state index contributed by atoms with van der Waals surface area (Å²) in [7, 11) is 0. The van der Waals surface area contributed by atoms with Crippen LogP contribution in [-0.2, 0) is 9.47 Å². The van der Waals surface area contributed by atoms with E-state index in [1.165, 1.54) is 95.6 Å². The van der Waals surface area contributed by atoms with E-state index in [9.17, 15) is 8.78 Å². The number of unbranched alkanes of at least 4 members (excludes halogenated alkanes) is 7. The maximum atomic E-state index is 12.3. The van der Waals surface area contributed by atoms with Crippen molar-refractivity contribution in [3.63, 3.8) is 0 Å². The molecule has 0 radical (unpaired) electrons. The molecule has 32 heavy (non-hydrogen) atoms. The fraction of sp³-hybridized carbons (Fsp3) is 0.778. The lowest BCUT2D eigenvalue weighted by molar-refractivity contribution is -0.214. The molecule has 1 aromatic carbocycles. The third-order valence-corrected chi connectivity index (χ3v) is 7.32.